The standard InChI is InChI=1S/C4H6N3/c1-7-3-2-6-4(7)5/h2-3H,1H2,(H2,5,6). The molecule has 0 aliphatic rings. The molecule has 1 aromatic rings. The van der Waals surface area contributed by atoms with Gasteiger partial charge in [0.05, 0.1) is 0 Å². The molecule has 0 fully saturated rings. The van der Waals surface area contributed by atoms with Crippen LogP contribution < -0.4 is 5.73 Å². The van der Waals surface area contributed by atoms with Gasteiger partial charge in [-0.3, -0.25) is 0 Å². The topological polar surface area (TPSA) is 43.8 Å². The highest BCUT2D eigenvalue weighted by atomic mass is 15.1. The van der Waals surface area contributed by atoms with Gasteiger partial charge in [0, 0.05) is 19.4 Å². The molecule has 0 aromatic carbocycles. The monoisotopic (exact) mass is 96.1 g/mol. The molecule has 1 aromatic heterocycles. The van der Waals surface area contributed by atoms with E-state index in [0.29, 0.717) is 5.95 Å². The summed E-state index contributed by atoms with van der Waals surface area (Å²) >= 11 is 0. The lowest BCUT2D eigenvalue weighted by Gasteiger charge is -1.86. The van der Waals surface area contributed by atoms with Crippen LogP contribution in [0.4, 0.5) is 5.95 Å². The van der Waals surface area contributed by atoms with Gasteiger partial charge in [-0.1, -0.05) is 0 Å². The molecule has 0 atom stereocenters. The fraction of sp³-hybridized carbons (Fsp3) is 0. The largest absolute Gasteiger partial charge is 0.369 e. The quantitative estimate of drug-likeness (QED) is 0.498. The smallest absolute Gasteiger partial charge is 0.200 e. The number of aromatic nitrogens is 2. The summed E-state index contributed by atoms with van der Waals surface area (Å²) in [4.78, 5) is 3.69. The molecule has 0 spiro atoms. The van der Waals surface area contributed by atoms with Gasteiger partial charge in [-0.05, 0) is 0 Å². The van der Waals surface area contributed by atoms with Gasteiger partial charge in [0.2, 0.25) is 0 Å². The Morgan fingerprint density at radius 1 is 1.86 bits per heavy atom. The zero-order valence-electron chi connectivity index (χ0n) is 3.83. The Kier molecular flexibility index (Phi) is 0.749. The van der Waals surface area contributed by atoms with Crippen LogP contribution in [-0.2, 0) is 0 Å². The van der Waals surface area contributed by atoms with E-state index in [0.717, 1.165) is 0 Å². The van der Waals surface area contributed by atoms with Gasteiger partial charge in [0.1, 0.15) is 0 Å². The van der Waals surface area contributed by atoms with Crippen LogP contribution in [0.2, 0.25) is 0 Å². The van der Waals surface area contributed by atoms with Crippen LogP contribution in [0.3, 0.4) is 0 Å². The number of anilines is 1. The molecule has 0 amide bonds. The third-order valence-corrected chi connectivity index (χ3v) is 0.748. The van der Waals surface area contributed by atoms with Gasteiger partial charge < -0.3 is 10.3 Å². The number of hydrogen-bond donors (Lipinski definition) is 1. The SMILES string of the molecule is [CH2]n1ccnc1N. The first-order valence-corrected chi connectivity index (χ1v) is 1.90. The Morgan fingerprint density at radius 2 is 2.57 bits per heavy atom. The predicted molar refractivity (Wildman–Crippen MR) is 27.4 cm³/mol. The lowest BCUT2D eigenvalue weighted by atomic mass is 10.9. The van der Waals surface area contributed by atoms with Crippen molar-refractivity contribution in [3.8, 4) is 0 Å². The molecule has 3 nitrogen and oxygen atoms in total. The van der Waals surface area contributed by atoms with Crippen molar-refractivity contribution in [3.63, 3.8) is 0 Å². The van der Waals surface area contributed by atoms with Gasteiger partial charge in [-0.25, -0.2) is 4.98 Å². The second kappa shape index (κ2) is 1.26. The van der Waals surface area contributed by atoms with E-state index in [-0.39, 0.29) is 0 Å². The minimum absolute atomic E-state index is 0.444. The van der Waals surface area contributed by atoms with Gasteiger partial charge in [0.25, 0.3) is 0 Å². The zero-order valence-corrected chi connectivity index (χ0v) is 3.83. The maximum atomic E-state index is 5.23. The van der Waals surface area contributed by atoms with Crippen LogP contribution in [0, 0.1) is 7.05 Å². The molecule has 7 heavy (non-hydrogen) atoms. The molecular weight excluding hydrogens is 90.1 g/mol. The van der Waals surface area contributed by atoms with Crippen LogP contribution in [0.25, 0.3) is 0 Å². The van der Waals surface area contributed by atoms with Crippen molar-refractivity contribution in [2.24, 2.45) is 0 Å². The summed E-state index contributed by atoms with van der Waals surface area (Å²) in [5, 5.41) is 0. The van der Waals surface area contributed by atoms with E-state index in [1.165, 1.54) is 4.57 Å². The summed E-state index contributed by atoms with van der Waals surface area (Å²) in [5.41, 5.74) is 5.23. The molecule has 0 aliphatic carbocycles. The fourth-order valence-corrected chi connectivity index (χ4v) is 0.341. The van der Waals surface area contributed by atoms with Crippen molar-refractivity contribution in [2.75, 3.05) is 5.73 Å². The average molecular weight is 96.1 g/mol. The Balaban J connectivity index is 3.12. The highest BCUT2D eigenvalue weighted by Crippen LogP contribution is 1.91. The summed E-state index contributed by atoms with van der Waals surface area (Å²) in [6.45, 7) is 0. The molecule has 0 saturated carbocycles. The van der Waals surface area contributed by atoms with Crippen LogP contribution in [0.15, 0.2) is 12.4 Å². The molecule has 1 heterocycles. The molecule has 0 saturated heterocycles. The summed E-state index contributed by atoms with van der Waals surface area (Å²) in [7, 11) is 3.51. The van der Waals surface area contributed by atoms with E-state index < -0.39 is 0 Å². The third-order valence-electron chi connectivity index (χ3n) is 0.748. The maximum Gasteiger partial charge on any atom is 0.200 e. The van der Waals surface area contributed by atoms with Crippen LogP contribution in [0.1, 0.15) is 0 Å². The predicted octanol–water partition coefficient (Wildman–Crippen LogP) is 0.105. The maximum absolute atomic E-state index is 5.23. The molecule has 2 N–H and O–H groups in total. The first-order chi connectivity index (χ1) is 3.30. The Morgan fingerprint density at radius 3 is 2.71 bits per heavy atom. The first kappa shape index (κ1) is 4.18. The summed E-state index contributed by atoms with van der Waals surface area (Å²) < 4.78 is 1.50. The third kappa shape index (κ3) is 0.559. The van der Waals surface area contributed by atoms with Gasteiger partial charge in [0.15, 0.2) is 5.95 Å². The Labute approximate surface area is 41.8 Å². The Hall–Kier alpha value is -0.990. The van der Waals surface area contributed by atoms with Crippen molar-refractivity contribution in [2.45, 2.75) is 0 Å². The average Bonchev–Trinajstić information content (AvgIpc) is 1.91. The summed E-state index contributed by atoms with van der Waals surface area (Å²) in [6.07, 6.45) is 3.29. The summed E-state index contributed by atoms with van der Waals surface area (Å²) in [6, 6.07) is 0. The molecule has 1 rings (SSSR count). The number of hydrogen-bond acceptors (Lipinski definition) is 2. The number of nitrogens with two attached hydrogens (primary N) is 1. The van der Waals surface area contributed by atoms with Crippen LogP contribution in [0.5, 0.6) is 0 Å². The Bertz CT molecular complexity index is 139. The second-order valence-electron chi connectivity index (χ2n) is 1.26. The molecule has 0 unspecified atom stereocenters. The molecule has 1 radical (unpaired) electrons. The lowest BCUT2D eigenvalue weighted by molar-refractivity contribution is 1.08. The number of imidazole rings is 1. The highest BCUT2D eigenvalue weighted by molar-refractivity contribution is 5.16. The van der Waals surface area contributed by atoms with Gasteiger partial charge >= 0.3 is 0 Å². The van der Waals surface area contributed by atoms with E-state index in [1.807, 2.05) is 0 Å². The van der Waals surface area contributed by atoms with Crippen molar-refractivity contribution in [3.05, 3.63) is 19.4 Å². The fourth-order valence-electron chi connectivity index (χ4n) is 0.341. The molecule has 37 valence electrons. The minimum atomic E-state index is 0.444. The van der Waals surface area contributed by atoms with E-state index in [9.17, 15) is 0 Å². The van der Waals surface area contributed by atoms with E-state index in [4.69, 9.17) is 5.73 Å². The van der Waals surface area contributed by atoms with E-state index in [1.54, 1.807) is 12.4 Å². The number of nitrogen functional groups attached to an aromatic ring is 1. The van der Waals surface area contributed by atoms with E-state index in [2.05, 4.69) is 12.0 Å². The summed E-state index contributed by atoms with van der Waals surface area (Å²) in [5.74, 6) is 0.444. The van der Waals surface area contributed by atoms with Gasteiger partial charge in [-0.15, -0.1) is 0 Å². The molecule has 3 heteroatoms. The van der Waals surface area contributed by atoms with Gasteiger partial charge in [-0.2, -0.15) is 0 Å². The molecular formula is C4H6N3. The molecule has 0 aliphatic heterocycles. The van der Waals surface area contributed by atoms with Crippen LogP contribution >= 0.6 is 0 Å². The number of nitrogens with zero attached hydrogens (tertiary/aromatic N) is 2. The minimum Gasteiger partial charge on any atom is -0.369 e. The lowest BCUT2D eigenvalue weighted by Crippen LogP contribution is -1.92. The van der Waals surface area contributed by atoms with Crippen molar-refractivity contribution in [1.29, 1.82) is 0 Å². The normalized spacial score (nSPS) is 9.29. The second-order valence-corrected chi connectivity index (χ2v) is 1.26. The van der Waals surface area contributed by atoms with Crippen molar-refractivity contribution < 1.29 is 0 Å². The highest BCUT2D eigenvalue weighted by Gasteiger charge is 1.84. The first-order valence-electron chi connectivity index (χ1n) is 1.90. The molecule has 0 bridgehead atoms. The zero-order chi connectivity index (χ0) is 5.28. The van der Waals surface area contributed by atoms with Crippen LogP contribution in [-0.4, -0.2) is 9.55 Å². The van der Waals surface area contributed by atoms with Crippen molar-refractivity contribution >= 4 is 5.95 Å². The van der Waals surface area contributed by atoms with Crippen molar-refractivity contribution in [1.82, 2.24) is 9.55 Å². The number of rotatable bonds is 0. The van der Waals surface area contributed by atoms with E-state index >= 15 is 0 Å².